The van der Waals surface area contributed by atoms with Crippen molar-refractivity contribution in [1.82, 2.24) is 9.55 Å². The van der Waals surface area contributed by atoms with Gasteiger partial charge in [0.15, 0.2) is 5.82 Å². The third kappa shape index (κ3) is 4.71. The van der Waals surface area contributed by atoms with E-state index in [9.17, 15) is 23.5 Å². The van der Waals surface area contributed by atoms with E-state index in [1.165, 1.54) is 30.5 Å². The lowest BCUT2D eigenvalue weighted by atomic mass is 10.0. The maximum absolute atomic E-state index is 14.3. The van der Waals surface area contributed by atoms with Crippen LogP contribution in [0, 0.1) is 11.6 Å². The van der Waals surface area contributed by atoms with E-state index in [0.717, 1.165) is 10.1 Å². The zero-order valence-corrected chi connectivity index (χ0v) is 18.2. The van der Waals surface area contributed by atoms with E-state index < -0.39 is 23.9 Å². The Bertz CT molecular complexity index is 1400. The van der Waals surface area contributed by atoms with Gasteiger partial charge in [0.1, 0.15) is 18.2 Å². The molecule has 1 atom stereocenters. The number of rotatable bonds is 7. The third-order valence-electron chi connectivity index (χ3n) is 5.45. The number of nitrogens with one attached hydrogen (secondary N) is 1. The van der Waals surface area contributed by atoms with Gasteiger partial charge in [0.05, 0.1) is 17.9 Å². The molecule has 1 aromatic heterocycles. The second kappa shape index (κ2) is 9.66. The Morgan fingerprint density at radius 3 is 2.15 bits per heavy atom. The molecule has 0 bridgehead atoms. The Hall–Kier alpha value is -4.33. The number of carboxylic acids is 1. The minimum Gasteiger partial charge on any atom is -0.480 e. The standard InChI is InChI=1S/C26H21F2N3O3/c1-16(17-10-12-18(13-11-17)19-6-2-4-8-21(19)27)30-25-26(34)31(15-24(32)33)23(14-29-25)20-7-3-5-9-22(20)28/h2-14,16H,15H2,1H3,(H,29,30)(H,32,33)/t16-/m1/s1. The fourth-order valence-corrected chi connectivity index (χ4v) is 3.70. The Morgan fingerprint density at radius 1 is 0.971 bits per heavy atom. The number of hydrogen-bond acceptors (Lipinski definition) is 4. The molecule has 0 amide bonds. The summed E-state index contributed by atoms with van der Waals surface area (Å²) in [5, 5.41) is 12.3. The number of nitrogens with zero attached hydrogens (tertiary/aromatic N) is 2. The van der Waals surface area contributed by atoms with Crippen molar-refractivity contribution in [2.24, 2.45) is 0 Å². The summed E-state index contributed by atoms with van der Waals surface area (Å²) in [6.07, 6.45) is 1.28. The Morgan fingerprint density at radius 2 is 1.56 bits per heavy atom. The van der Waals surface area contributed by atoms with Gasteiger partial charge in [-0.05, 0) is 36.2 Å². The topological polar surface area (TPSA) is 84.2 Å². The number of carbonyl (C=O) groups is 1. The van der Waals surface area contributed by atoms with Gasteiger partial charge < -0.3 is 10.4 Å². The van der Waals surface area contributed by atoms with Crippen molar-refractivity contribution < 1.29 is 18.7 Å². The van der Waals surface area contributed by atoms with Crippen molar-refractivity contribution in [3.63, 3.8) is 0 Å². The molecule has 0 aliphatic rings. The molecule has 0 aliphatic carbocycles. The number of anilines is 1. The Balaban J connectivity index is 1.64. The lowest BCUT2D eigenvalue weighted by Gasteiger charge is -2.18. The van der Waals surface area contributed by atoms with Crippen LogP contribution in [-0.2, 0) is 11.3 Å². The molecule has 4 aromatic rings. The lowest BCUT2D eigenvalue weighted by Crippen LogP contribution is -2.29. The van der Waals surface area contributed by atoms with Gasteiger partial charge in [-0.3, -0.25) is 14.2 Å². The first-order valence-electron chi connectivity index (χ1n) is 10.5. The molecule has 2 N–H and O–H groups in total. The molecule has 4 rings (SSSR count). The molecule has 0 unspecified atom stereocenters. The molecular weight excluding hydrogens is 440 g/mol. The predicted octanol–water partition coefficient (Wildman–Crippen LogP) is 5.11. The molecule has 8 heteroatoms. The highest BCUT2D eigenvalue weighted by atomic mass is 19.1. The van der Waals surface area contributed by atoms with Gasteiger partial charge in [0.2, 0.25) is 0 Å². The van der Waals surface area contributed by atoms with E-state index >= 15 is 0 Å². The molecule has 0 saturated heterocycles. The van der Waals surface area contributed by atoms with Crippen LogP contribution in [0.1, 0.15) is 18.5 Å². The maximum atomic E-state index is 14.3. The van der Waals surface area contributed by atoms with Crippen molar-refractivity contribution in [3.8, 4) is 22.4 Å². The van der Waals surface area contributed by atoms with Gasteiger partial charge >= 0.3 is 5.97 Å². The number of aromatic nitrogens is 2. The molecule has 34 heavy (non-hydrogen) atoms. The molecule has 0 saturated carbocycles. The molecule has 1 heterocycles. The summed E-state index contributed by atoms with van der Waals surface area (Å²) < 4.78 is 29.3. The maximum Gasteiger partial charge on any atom is 0.323 e. The van der Waals surface area contributed by atoms with E-state index in [1.807, 2.05) is 19.1 Å². The van der Waals surface area contributed by atoms with Crippen LogP contribution in [0.15, 0.2) is 83.8 Å². The number of halogens is 2. The molecule has 3 aromatic carbocycles. The number of hydrogen-bond donors (Lipinski definition) is 2. The van der Waals surface area contributed by atoms with E-state index in [1.54, 1.807) is 36.4 Å². The summed E-state index contributed by atoms with van der Waals surface area (Å²) in [6.45, 7) is 1.16. The van der Waals surface area contributed by atoms with Crippen molar-refractivity contribution in [1.29, 1.82) is 0 Å². The fraction of sp³-hybridized carbons (Fsp3) is 0.115. The van der Waals surface area contributed by atoms with Crippen LogP contribution in [0.25, 0.3) is 22.4 Å². The highest BCUT2D eigenvalue weighted by Gasteiger charge is 2.18. The van der Waals surface area contributed by atoms with E-state index in [0.29, 0.717) is 11.1 Å². The van der Waals surface area contributed by atoms with Gasteiger partial charge in [0.25, 0.3) is 5.56 Å². The van der Waals surface area contributed by atoms with Crippen LogP contribution in [0.3, 0.4) is 0 Å². The van der Waals surface area contributed by atoms with E-state index in [-0.39, 0.29) is 28.9 Å². The minimum atomic E-state index is -1.24. The summed E-state index contributed by atoms with van der Waals surface area (Å²) in [6, 6.07) is 19.1. The fourth-order valence-electron chi connectivity index (χ4n) is 3.70. The summed E-state index contributed by atoms with van der Waals surface area (Å²) >= 11 is 0. The number of carboxylic acid groups (broad SMARTS) is 1. The molecule has 172 valence electrons. The first-order valence-corrected chi connectivity index (χ1v) is 10.5. The summed E-state index contributed by atoms with van der Waals surface area (Å²) in [5.74, 6) is -2.22. The average molecular weight is 461 g/mol. The first kappa shape index (κ1) is 22.8. The van der Waals surface area contributed by atoms with Gasteiger partial charge in [0, 0.05) is 11.1 Å². The molecule has 0 spiro atoms. The number of aliphatic carboxylic acids is 1. The third-order valence-corrected chi connectivity index (χ3v) is 5.45. The van der Waals surface area contributed by atoms with Gasteiger partial charge in [-0.25, -0.2) is 13.8 Å². The average Bonchev–Trinajstić information content (AvgIpc) is 2.82. The van der Waals surface area contributed by atoms with Crippen molar-refractivity contribution >= 4 is 11.8 Å². The Kier molecular flexibility index (Phi) is 6.49. The van der Waals surface area contributed by atoms with Gasteiger partial charge in [-0.2, -0.15) is 0 Å². The van der Waals surface area contributed by atoms with Crippen LogP contribution in [-0.4, -0.2) is 20.6 Å². The van der Waals surface area contributed by atoms with Crippen molar-refractivity contribution in [3.05, 3.63) is 107 Å². The van der Waals surface area contributed by atoms with Gasteiger partial charge in [-0.1, -0.05) is 54.6 Å². The SMILES string of the molecule is C[C@@H](Nc1ncc(-c2ccccc2F)n(CC(=O)O)c1=O)c1ccc(-c2ccccc2F)cc1. The molecule has 0 fully saturated rings. The predicted molar refractivity (Wildman–Crippen MR) is 125 cm³/mol. The van der Waals surface area contributed by atoms with E-state index in [2.05, 4.69) is 10.3 Å². The molecule has 6 nitrogen and oxygen atoms in total. The molecule has 0 aliphatic heterocycles. The first-order chi connectivity index (χ1) is 16.3. The Labute approximate surface area is 194 Å². The van der Waals surface area contributed by atoms with Gasteiger partial charge in [-0.15, -0.1) is 0 Å². The smallest absolute Gasteiger partial charge is 0.323 e. The lowest BCUT2D eigenvalue weighted by molar-refractivity contribution is -0.137. The number of benzene rings is 3. The van der Waals surface area contributed by atoms with Crippen molar-refractivity contribution in [2.75, 3.05) is 5.32 Å². The monoisotopic (exact) mass is 461 g/mol. The summed E-state index contributed by atoms with van der Waals surface area (Å²) in [4.78, 5) is 28.6. The minimum absolute atomic E-state index is 0.0629. The van der Waals surface area contributed by atoms with Crippen molar-refractivity contribution in [2.45, 2.75) is 19.5 Å². The van der Waals surface area contributed by atoms with Crippen LogP contribution in [0.5, 0.6) is 0 Å². The normalized spacial score (nSPS) is 11.7. The zero-order valence-electron chi connectivity index (χ0n) is 18.2. The summed E-state index contributed by atoms with van der Waals surface area (Å²) in [7, 11) is 0. The van der Waals surface area contributed by atoms with Crippen LogP contribution >= 0.6 is 0 Å². The highest BCUT2D eigenvalue weighted by Crippen LogP contribution is 2.26. The quantitative estimate of drug-likeness (QED) is 0.399. The summed E-state index contributed by atoms with van der Waals surface area (Å²) in [5.41, 5.74) is 1.47. The van der Waals surface area contributed by atoms with Crippen LogP contribution in [0.4, 0.5) is 14.6 Å². The van der Waals surface area contributed by atoms with Crippen LogP contribution < -0.4 is 10.9 Å². The highest BCUT2D eigenvalue weighted by molar-refractivity contribution is 5.69. The molecule has 0 radical (unpaired) electrons. The van der Waals surface area contributed by atoms with E-state index in [4.69, 9.17) is 0 Å². The zero-order chi connectivity index (χ0) is 24.2. The largest absolute Gasteiger partial charge is 0.480 e. The second-order valence-electron chi connectivity index (χ2n) is 7.72. The second-order valence-corrected chi connectivity index (χ2v) is 7.72. The molecular formula is C26H21F2N3O3. The van der Waals surface area contributed by atoms with Crippen LogP contribution in [0.2, 0.25) is 0 Å².